The Morgan fingerprint density at radius 1 is 1.14 bits per heavy atom. The van der Waals surface area contributed by atoms with Gasteiger partial charge in [0.1, 0.15) is 0 Å². The fraction of sp³-hybridized carbons (Fsp3) is 0.318. The van der Waals surface area contributed by atoms with Gasteiger partial charge in [0.25, 0.3) is 0 Å². The molecule has 1 heterocycles. The first-order valence-electron chi connectivity index (χ1n) is 9.15. The second-order valence-electron chi connectivity index (χ2n) is 7.59. The highest BCUT2D eigenvalue weighted by Gasteiger charge is 2.16. The Hall–Kier alpha value is -2.68. The van der Waals surface area contributed by atoms with E-state index in [9.17, 15) is 5.11 Å². The van der Waals surface area contributed by atoms with Gasteiger partial charge in [-0.15, -0.1) is 5.10 Å². The molecule has 0 amide bonds. The van der Waals surface area contributed by atoms with Crippen molar-refractivity contribution in [3.8, 4) is 0 Å². The van der Waals surface area contributed by atoms with E-state index < -0.39 is 5.60 Å². The quantitative estimate of drug-likeness (QED) is 0.545. The fourth-order valence-electron chi connectivity index (χ4n) is 2.94. The Labute approximate surface area is 170 Å². The molecule has 2 aromatic carbocycles. The van der Waals surface area contributed by atoms with Crippen molar-refractivity contribution >= 4 is 33.9 Å². The van der Waals surface area contributed by atoms with Gasteiger partial charge in [0.15, 0.2) is 11.5 Å². The second-order valence-corrected chi connectivity index (χ2v) is 7.99. The molecular formula is C22H23ClN4O. The summed E-state index contributed by atoms with van der Waals surface area (Å²) in [5, 5.41) is 24.6. The lowest BCUT2D eigenvalue weighted by Gasteiger charge is -2.17. The largest absolute Gasteiger partial charge is 0.390 e. The molecular weight excluding hydrogens is 372 g/mol. The Balaban J connectivity index is 1.93. The van der Waals surface area contributed by atoms with E-state index in [-0.39, 0.29) is 0 Å². The predicted octanol–water partition coefficient (Wildman–Crippen LogP) is 5.46. The third-order valence-corrected chi connectivity index (χ3v) is 5.05. The van der Waals surface area contributed by atoms with Crippen LogP contribution in [-0.2, 0) is 13.0 Å². The zero-order chi connectivity index (χ0) is 20.3. The van der Waals surface area contributed by atoms with E-state index in [0.717, 1.165) is 32.6 Å². The van der Waals surface area contributed by atoms with Crippen LogP contribution in [0.5, 0.6) is 0 Å². The van der Waals surface area contributed by atoms with Crippen LogP contribution in [0, 0.1) is 13.5 Å². The van der Waals surface area contributed by atoms with Gasteiger partial charge in [-0.3, -0.25) is 0 Å². The van der Waals surface area contributed by atoms with Crippen molar-refractivity contribution in [3.63, 3.8) is 0 Å². The van der Waals surface area contributed by atoms with Crippen molar-refractivity contribution in [1.82, 2.24) is 10.2 Å². The van der Waals surface area contributed by atoms with Crippen LogP contribution >= 0.6 is 11.6 Å². The van der Waals surface area contributed by atoms with Gasteiger partial charge in [-0.05, 0) is 56.9 Å². The number of benzene rings is 2. The number of aromatic nitrogens is 2. The Bertz CT molecular complexity index is 1050. The topological polar surface area (TPSA) is 62.4 Å². The zero-order valence-corrected chi connectivity index (χ0v) is 17.0. The first-order valence-corrected chi connectivity index (χ1v) is 9.53. The van der Waals surface area contributed by atoms with Crippen LogP contribution < -0.4 is 5.32 Å². The standard InChI is InChI=1S/C22H23ClN4O/c1-14-5-6-15(11-19(14)23)13-25-21-18-12-16(24-4)7-8-17(18)20(26-27-21)9-10-22(2,3)28/h5-8,11-12,28H,9-10,13H2,1-3H3,(H,25,27). The van der Waals surface area contributed by atoms with E-state index >= 15 is 0 Å². The van der Waals surface area contributed by atoms with E-state index in [2.05, 4.69) is 20.4 Å². The van der Waals surface area contributed by atoms with Crippen LogP contribution in [0.2, 0.25) is 5.02 Å². The number of rotatable bonds is 6. The minimum Gasteiger partial charge on any atom is -0.390 e. The number of anilines is 1. The van der Waals surface area contributed by atoms with E-state index in [1.54, 1.807) is 19.9 Å². The molecule has 0 atom stereocenters. The molecule has 0 saturated heterocycles. The average molecular weight is 395 g/mol. The molecule has 3 rings (SSSR count). The van der Waals surface area contributed by atoms with Gasteiger partial charge in [0.05, 0.1) is 17.9 Å². The highest BCUT2D eigenvalue weighted by Crippen LogP contribution is 2.29. The molecule has 0 saturated carbocycles. The zero-order valence-electron chi connectivity index (χ0n) is 16.3. The second kappa shape index (κ2) is 8.14. The molecule has 6 heteroatoms. The molecule has 0 aliphatic heterocycles. The Morgan fingerprint density at radius 2 is 1.93 bits per heavy atom. The van der Waals surface area contributed by atoms with Gasteiger partial charge < -0.3 is 10.4 Å². The first-order chi connectivity index (χ1) is 13.3. The van der Waals surface area contributed by atoms with Crippen molar-refractivity contribution in [1.29, 1.82) is 0 Å². The maximum absolute atomic E-state index is 10.0. The molecule has 3 aromatic rings. The third-order valence-electron chi connectivity index (χ3n) is 4.64. The number of nitrogens with zero attached hydrogens (tertiary/aromatic N) is 3. The highest BCUT2D eigenvalue weighted by atomic mass is 35.5. The summed E-state index contributed by atoms with van der Waals surface area (Å²) in [5.41, 5.74) is 2.67. The number of nitrogens with one attached hydrogen (secondary N) is 1. The summed E-state index contributed by atoms with van der Waals surface area (Å²) in [4.78, 5) is 3.53. The smallest absolute Gasteiger partial charge is 0.188 e. The summed E-state index contributed by atoms with van der Waals surface area (Å²) in [6, 6.07) is 11.5. The molecule has 2 N–H and O–H groups in total. The summed E-state index contributed by atoms with van der Waals surface area (Å²) in [6.07, 6.45) is 1.19. The molecule has 0 fully saturated rings. The molecule has 0 aliphatic rings. The third kappa shape index (κ3) is 4.78. The van der Waals surface area contributed by atoms with Crippen LogP contribution in [0.3, 0.4) is 0 Å². The van der Waals surface area contributed by atoms with Gasteiger partial charge in [0.2, 0.25) is 0 Å². The fourth-order valence-corrected chi connectivity index (χ4v) is 3.14. The minimum absolute atomic E-state index is 0.551. The summed E-state index contributed by atoms with van der Waals surface area (Å²) in [5.74, 6) is 0.629. The number of halogens is 1. The molecule has 0 aliphatic carbocycles. The number of aryl methyl sites for hydroxylation is 2. The summed E-state index contributed by atoms with van der Waals surface area (Å²) < 4.78 is 0. The molecule has 5 nitrogen and oxygen atoms in total. The number of fused-ring (bicyclic) bond motifs is 1. The van der Waals surface area contributed by atoms with E-state index in [0.29, 0.717) is 30.9 Å². The predicted molar refractivity (Wildman–Crippen MR) is 114 cm³/mol. The molecule has 28 heavy (non-hydrogen) atoms. The maximum atomic E-state index is 10.0. The van der Waals surface area contributed by atoms with E-state index in [1.165, 1.54) is 0 Å². The maximum Gasteiger partial charge on any atom is 0.188 e. The Morgan fingerprint density at radius 3 is 2.61 bits per heavy atom. The van der Waals surface area contributed by atoms with Crippen LogP contribution in [0.4, 0.5) is 11.5 Å². The summed E-state index contributed by atoms with van der Waals surface area (Å²) in [6.45, 7) is 13.4. The first kappa shape index (κ1) is 20.1. The van der Waals surface area contributed by atoms with Gasteiger partial charge in [0, 0.05) is 22.3 Å². The Kier molecular flexibility index (Phi) is 5.83. The lowest BCUT2D eigenvalue weighted by atomic mass is 9.99. The van der Waals surface area contributed by atoms with Crippen LogP contribution in [0.15, 0.2) is 36.4 Å². The van der Waals surface area contributed by atoms with Crippen molar-refractivity contribution in [3.05, 3.63) is 69.7 Å². The number of hydrogen-bond acceptors (Lipinski definition) is 4. The van der Waals surface area contributed by atoms with Crippen molar-refractivity contribution in [2.45, 2.75) is 45.8 Å². The van der Waals surface area contributed by atoms with Crippen LogP contribution in [0.1, 0.15) is 37.1 Å². The lowest BCUT2D eigenvalue weighted by molar-refractivity contribution is 0.0712. The SMILES string of the molecule is [C-]#[N+]c1ccc2c(CCC(C)(C)O)nnc(NCc3ccc(C)c(Cl)c3)c2c1. The normalized spacial score (nSPS) is 11.4. The van der Waals surface area contributed by atoms with E-state index in [4.69, 9.17) is 18.2 Å². The van der Waals surface area contributed by atoms with Crippen molar-refractivity contribution in [2.75, 3.05) is 5.32 Å². The molecule has 1 aromatic heterocycles. The summed E-state index contributed by atoms with van der Waals surface area (Å²) in [7, 11) is 0. The molecule has 0 radical (unpaired) electrons. The van der Waals surface area contributed by atoms with Crippen LogP contribution in [-0.4, -0.2) is 20.9 Å². The molecule has 0 spiro atoms. The van der Waals surface area contributed by atoms with Gasteiger partial charge in [-0.25, -0.2) is 4.85 Å². The molecule has 0 unspecified atom stereocenters. The van der Waals surface area contributed by atoms with E-state index in [1.807, 2.05) is 37.3 Å². The van der Waals surface area contributed by atoms with Gasteiger partial charge >= 0.3 is 0 Å². The highest BCUT2D eigenvalue weighted by molar-refractivity contribution is 6.31. The lowest BCUT2D eigenvalue weighted by Crippen LogP contribution is -2.19. The molecule has 144 valence electrons. The summed E-state index contributed by atoms with van der Waals surface area (Å²) >= 11 is 6.21. The average Bonchev–Trinajstić information content (AvgIpc) is 2.66. The van der Waals surface area contributed by atoms with Crippen LogP contribution in [0.25, 0.3) is 15.6 Å². The molecule has 0 bridgehead atoms. The van der Waals surface area contributed by atoms with Crippen molar-refractivity contribution < 1.29 is 5.11 Å². The minimum atomic E-state index is -0.772. The van der Waals surface area contributed by atoms with Crippen molar-refractivity contribution in [2.24, 2.45) is 0 Å². The number of aliphatic hydroxyl groups is 1. The monoisotopic (exact) mass is 394 g/mol. The number of hydrogen-bond donors (Lipinski definition) is 2. The van der Waals surface area contributed by atoms with Gasteiger partial charge in [-0.1, -0.05) is 35.9 Å². The van der Waals surface area contributed by atoms with Gasteiger partial charge in [-0.2, -0.15) is 5.10 Å².